The molecule has 6 nitrogen and oxygen atoms in total. The van der Waals surface area contributed by atoms with E-state index in [0.717, 1.165) is 17.4 Å². The third-order valence-corrected chi connectivity index (χ3v) is 4.86. The normalized spacial score (nSPS) is 14.6. The second-order valence-electron chi connectivity index (χ2n) is 7.60. The van der Waals surface area contributed by atoms with E-state index in [0.29, 0.717) is 23.1 Å². The number of ether oxygens (including phenoxy) is 3. The Labute approximate surface area is 168 Å². The van der Waals surface area contributed by atoms with E-state index in [1.807, 2.05) is 38.1 Å². The zero-order chi connectivity index (χ0) is 20.6. The molecule has 0 unspecified atom stereocenters. The number of esters is 2. The largest absolute Gasteiger partial charge is 0.487 e. The van der Waals surface area contributed by atoms with E-state index < -0.39 is 11.9 Å². The fraction of sp³-hybridized carbons (Fsp3) is 0.261. The van der Waals surface area contributed by atoms with Gasteiger partial charge in [0.05, 0.1) is 5.56 Å². The minimum Gasteiger partial charge on any atom is -0.487 e. The second-order valence-corrected chi connectivity index (χ2v) is 7.60. The molecule has 0 saturated heterocycles. The first-order valence-electron chi connectivity index (χ1n) is 9.43. The van der Waals surface area contributed by atoms with Crippen molar-refractivity contribution in [2.75, 3.05) is 0 Å². The molecule has 1 aliphatic rings. The van der Waals surface area contributed by atoms with Crippen LogP contribution in [0, 0.1) is 0 Å². The van der Waals surface area contributed by atoms with Crippen LogP contribution in [0.15, 0.2) is 48.8 Å². The van der Waals surface area contributed by atoms with Crippen LogP contribution in [0.25, 0.3) is 10.8 Å². The summed E-state index contributed by atoms with van der Waals surface area (Å²) in [5.41, 5.74) is 0.667. The highest BCUT2D eigenvalue weighted by Gasteiger charge is 2.34. The van der Waals surface area contributed by atoms with Gasteiger partial charge in [0.25, 0.3) is 0 Å². The summed E-state index contributed by atoms with van der Waals surface area (Å²) in [5, 5.41) is 1.46. The van der Waals surface area contributed by atoms with Crippen LogP contribution in [0.3, 0.4) is 0 Å². The van der Waals surface area contributed by atoms with Gasteiger partial charge < -0.3 is 14.2 Å². The van der Waals surface area contributed by atoms with Crippen molar-refractivity contribution in [3.63, 3.8) is 0 Å². The number of pyridine rings is 1. The molecule has 0 radical (unpaired) electrons. The lowest BCUT2D eigenvalue weighted by Crippen LogP contribution is -2.33. The number of hydrogen-bond acceptors (Lipinski definition) is 6. The van der Waals surface area contributed by atoms with Crippen molar-refractivity contribution in [2.24, 2.45) is 0 Å². The summed E-state index contributed by atoms with van der Waals surface area (Å²) >= 11 is 0. The molecule has 0 atom stereocenters. The molecule has 0 spiro atoms. The van der Waals surface area contributed by atoms with E-state index in [1.165, 1.54) is 13.1 Å². The van der Waals surface area contributed by atoms with Crippen molar-refractivity contribution in [3.8, 4) is 17.2 Å². The Morgan fingerprint density at radius 1 is 1.03 bits per heavy atom. The SMILES string of the molecule is CC(=O)Oc1c(OC(=O)c2cccnc2)c2c(c3ccccc13)OC(C)(C)CC2. The minimum absolute atomic E-state index is 0.221. The predicted octanol–water partition coefficient (Wildman–Crippen LogP) is 4.48. The van der Waals surface area contributed by atoms with Crippen LogP contribution >= 0.6 is 0 Å². The van der Waals surface area contributed by atoms with Crippen molar-refractivity contribution >= 4 is 22.7 Å². The number of carbonyl (C=O) groups is 2. The van der Waals surface area contributed by atoms with Crippen LogP contribution in [0.2, 0.25) is 0 Å². The predicted molar refractivity (Wildman–Crippen MR) is 107 cm³/mol. The highest BCUT2D eigenvalue weighted by atomic mass is 16.6. The van der Waals surface area contributed by atoms with Crippen LogP contribution in [0.4, 0.5) is 0 Å². The Hall–Kier alpha value is -3.41. The maximum Gasteiger partial charge on any atom is 0.345 e. The fourth-order valence-electron chi connectivity index (χ4n) is 3.49. The van der Waals surface area contributed by atoms with E-state index in [9.17, 15) is 9.59 Å². The van der Waals surface area contributed by atoms with Crippen LogP contribution < -0.4 is 14.2 Å². The number of carbonyl (C=O) groups excluding carboxylic acids is 2. The summed E-state index contributed by atoms with van der Waals surface area (Å²) in [6, 6.07) is 10.7. The topological polar surface area (TPSA) is 74.7 Å². The number of hydrogen-bond donors (Lipinski definition) is 0. The molecule has 3 aromatic rings. The van der Waals surface area contributed by atoms with Crippen molar-refractivity contribution in [1.82, 2.24) is 4.98 Å². The number of benzene rings is 2. The summed E-state index contributed by atoms with van der Waals surface area (Å²) in [4.78, 5) is 28.6. The Morgan fingerprint density at radius 3 is 2.48 bits per heavy atom. The molecule has 1 aromatic heterocycles. The molecule has 0 aliphatic carbocycles. The van der Waals surface area contributed by atoms with Gasteiger partial charge in [-0.15, -0.1) is 0 Å². The maximum atomic E-state index is 12.8. The molecule has 0 saturated carbocycles. The first kappa shape index (κ1) is 18.9. The summed E-state index contributed by atoms with van der Waals surface area (Å²) in [5.74, 6) is 0.0343. The first-order chi connectivity index (χ1) is 13.9. The zero-order valence-corrected chi connectivity index (χ0v) is 16.5. The Balaban J connectivity index is 1.93. The molecule has 2 aromatic carbocycles. The monoisotopic (exact) mass is 391 g/mol. The molecule has 0 amide bonds. The number of aromatic nitrogens is 1. The number of nitrogens with zero attached hydrogens (tertiary/aromatic N) is 1. The summed E-state index contributed by atoms with van der Waals surface area (Å²) < 4.78 is 17.6. The fourth-order valence-corrected chi connectivity index (χ4v) is 3.49. The van der Waals surface area contributed by atoms with E-state index in [4.69, 9.17) is 14.2 Å². The molecule has 2 heterocycles. The molecule has 0 N–H and O–H groups in total. The van der Waals surface area contributed by atoms with Gasteiger partial charge in [-0.1, -0.05) is 24.3 Å². The number of fused-ring (bicyclic) bond motifs is 3. The summed E-state index contributed by atoms with van der Waals surface area (Å²) in [6.07, 6.45) is 4.36. The molecule has 0 bridgehead atoms. The smallest absolute Gasteiger partial charge is 0.345 e. The van der Waals surface area contributed by atoms with Gasteiger partial charge in [-0.25, -0.2) is 4.79 Å². The van der Waals surface area contributed by atoms with Crippen LogP contribution in [-0.4, -0.2) is 22.5 Å². The van der Waals surface area contributed by atoms with E-state index in [2.05, 4.69) is 4.98 Å². The molecule has 148 valence electrons. The van der Waals surface area contributed by atoms with Gasteiger partial charge in [-0.3, -0.25) is 9.78 Å². The standard InChI is InChI=1S/C23H21NO5/c1-14(25)27-20-17-9-5-4-8-16(17)19-18(10-11-23(2,3)29-19)21(20)28-22(26)15-7-6-12-24-13-15/h4-9,12-13H,10-11H2,1-3H3. The Bertz CT molecular complexity index is 1110. The Morgan fingerprint density at radius 2 is 1.79 bits per heavy atom. The van der Waals surface area contributed by atoms with Gasteiger partial charge in [-0.2, -0.15) is 0 Å². The van der Waals surface area contributed by atoms with Crippen molar-refractivity contribution in [2.45, 2.75) is 39.2 Å². The summed E-state index contributed by atoms with van der Waals surface area (Å²) in [6.45, 7) is 5.36. The third kappa shape index (κ3) is 3.66. The highest BCUT2D eigenvalue weighted by molar-refractivity contribution is 6.00. The van der Waals surface area contributed by atoms with Crippen LogP contribution in [0.1, 0.15) is 43.1 Å². The minimum atomic E-state index is -0.575. The lowest BCUT2D eigenvalue weighted by atomic mass is 9.91. The average molecular weight is 391 g/mol. The highest BCUT2D eigenvalue weighted by Crippen LogP contribution is 2.50. The average Bonchev–Trinajstić information content (AvgIpc) is 2.70. The second kappa shape index (κ2) is 7.20. The van der Waals surface area contributed by atoms with Gasteiger partial charge in [0.1, 0.15) is 11.4 Å². The molecule has 4 rings (SSSR count). The van der Waals surface area contributed by atoms with Crippen LogP contribution in [0.5, 0.6) is 17.2 Å². The van der Waals surface area contributed by atoms with E-state index >= 15 is 0 Å². The molecule has 6 heteroatoms. The lowest BCUT2D eigenvalue weighted by molar-refractivity contribution is -0.131. The van der Waals surface area contributed by atoms with Gasteiger partial charge in [0.2, 0.25) is 0 Å². The molecule has 0 fully saturated rings. The van der Waals surface area contributed by atoms with Crippen molar-refractivity contribution in [1.29, 1.82) is 0 Å². The molecule has 29 heavy (non-hydrogen) atoms. The van der Waals surface area contributed by atoms with Crippen molar-refractivity contribution < 1.29 is 23.8 Å². The molecular formula is C23H21NO5. The van der Waals surface area contributed by atoms with Gasteiger partial charge >= 0.3 is 11.9 Å². The van der Waals surface area contributed by atoms with Crippen LogP contribution in [-0.2, 0) is 11.2 Å². The first-order valence-corrected chi connectivity index (χ1v) is 9.43. The molecule has 1 aliphatic heterocycles. The number of rotatable bonds is 3. The van der Waals surface area contributed by atoms with E-state index in [1.54, 1.807) is 18.3 Å². The van der Waals surface area contributed by atoms with Gasteiger partial charge in [-0.05, 0) is 38.8 Å². The van der Waals surface area contributed by atoms with Crippen molar-refractivity contribution in [3.05, 3.63) is 59.9 Å². The summed E-state index contributed by atoms with van der Waals surface area (Å²) in [7, 11) is 0. The maximum absolute atomic E-state index is 12.8. The Kier molecular flexibility index (Phi) is 4.70. The van der Waals surface area contributed by atoms with Gasteiger partial charge in [0.15, 0.2) is 11.5 Å². The third-order valence-electron chi connectivity index (χ3n) is 4.86. The van der Waals surface area contributed by atoms with Gasteiger partial charge in [0, 0.05) is 35.7 Å². The van der Waals surface area contributed by atoms with E-state index in [-0.39, 0.29) is 17.1 Å². The quantitative estimate of drug-likeness (QED) is 0.484. The lowest BCUT2D eigenvalue weighted by Gasteiger charge is -2.34. The zero-order valence-electron chi connectivity index (χ0n) is 16.5. The molecular weight excluding hydrogens is 370 g/mol.